The average Bonchev–Trinajstić information content (AvgIpc) is 2.03. The predicted molar refractivity (Wildman–Crippen MR) is 42.3 cm³/mol. The van der Waals surface area contributed by atoms with E-state index in [-0.39, 0.29) is 5.82 Å². The summed E-state index contributed by atoms with van der Waals surface area (Å²) in [4.78, 5) is 3.66. The maximum Gasteiger partial charge on any atom is 0.142 e. The second kappa shape index (κ2) is 3.25. The summed E-state index contributed by atoms with van der Waals surface area (Å²) in [6, 6.07) is 1.36. The molecule has 0 unspecified atom stereocenters. The van der Waals surface area contributed by atoms with Crippen molar-refractivity contribution in [3.8, 4) is 0 Å². The zero-order valence-electron chi connectivity index (χ0n) is 6.05. The highest BCUT2D eigenvalue weighted by Gasteiger charge is 1.97. The van der Waals surface area contributed by atoms with Gasteiger partial charge in [0, 0.05) is 12.7 Å². The van der Waals surface area contributed by atoms with Gasteiger partial charge in [-0.3, -0.25) is 4.98 Å². The van der Waals surface area contributed by atoms with Crippen molar-refractivity contribution in [3.05, 3.63) is 36.4 Å². The molecule has 0 bridgehead atoms. The Bertz CT molecular complexity index is 271. The van der Waals surface area contributed by atoms with Crippen LogP contribution in [-0.4, -0.2) is 11.5 Å². The van der Waals surface area contributed by atoms with Crippen molar-refractivity contribution in [2.45, 2.75) is 0 Å². The van der Waals surface area contributed by atoms with E-state index in [1.165, 1.54) is 12.3 Å². The first-order valence-corrected chi connectivity index (χ1v) is 3.23. The van der Waals surface area contributed by atoms with Gasteiger partial charge in [0.05, 0.1) is 6.20 Å². The molecule has 0 amide bonds. The standard InChI is InChI=1S/C8H9FN2/c1-6(3-10)7-2-8(9)5-11-4-7/h2,4-5H,1,3,10H2. The van der Waals surface area contributed by atoms with Crippen molar-refractivity contribution in [1.82, 2.24) is 4.98 Å². The Hall–Kier alpha value is -1.22. The van der Waals surface area contributed by atoms with Crippen LogP contribution in [0.5, 0.6) is 0 Å². The second-order valence-electron chi connectivity index (χ2n) is 2.20. The number of hydrogen-bond donors (Lipinski definition) is 1. The third-order valence-corrected chi connectivity index (χ3v) is 1.36. The Morgan fingerprint density at radius 2 is 2.36 bits per heavy atom. The normalized spacial score (nSPS) is 9.64. The number of aromatic nitrogens is 1. The lowest BCUT2D eigenvalue weighted by Gasteiger charge is -2.00. The molecule has 0 spiro atoms. The Kier molecular flexibility index (Phi) is 2.33. The first-order valence-electron chi connectivity index (χ1n) is 3.23. The smallest absolute Gasteiger partial charge is 0.142 e. The molecule has 0 saturated heterocycles. The van der Waals surface area contributed by atoms with Gasteiger partial charge < -0.3 is 5.73 Å². The summed E-state index contributed by atoms with van der Waals surface area (Å²) in [6.45, 7) is 3.98. The highest BCUT2D eigenvalue weighted by Crippen LogP contribution is 2.09. The summed E-state index contributed by atoms with van der Waals surface area (Å²) in [5.41, 5.74) is 6.66. The minimum Gasteiger partial charge on any atom is -0.326 e. The van der Waals surface area contributed by atoms with E-state index in [2.05, 4.69) is 11.6 Å². The van der Waals surface area contributed by atoms with E-state index >= 15 is 0 Å². The van der Waals surface area contributed by atoms with Crippen molar-refractivity contribution in [2.75, 3.05) is 6.54 Å². The summed E-state index contributed by atoms with van der Waals surface area (Å²) >= 11 is 0. The number of nitrogens with two attached hydrogens (primary N) is 1. The minimum absolute atomic E-state index is 0.325. The molecule has 0 fully saturated rings. The summed E-state index contributed by atoms with van der Waals surface area (Å²) < 4.78 is 12.5. The third-order valence-electron chi connectivity index (χ3n) is 1.36. The molecule has 0 radical (unpaired) electrons. The van der Waals surface area contributed by atoms with Crippen LogP contribution < -0.4 is 5.73 Å². The van der Waals surface area contributed by atoms with Crippen LogP contribution in [0.2, 0.25) is 0 Å². The van der Waals surface area contributed by atoms with Crippen LogP contribution in [0.4, 0.5) is 4.39 Å². The monoisotopic (exact) mass is 152 g/mol. The molecule has 0 aliphatic heterocycles. The maximum atomic E-state index is 12.5. The Morgan fingerprint density at radius 1 is 1.64 bits per heavy atom. The summed E-state index contributed by atoms with van der Waals surface area (Å²) in [5.74, 6) is -0.364. The number of hydrogen-bond acceptors (Lipinski definition) is 2. The molecular formula is C8H9FN2. The van der Waals surface area contributed by atoms with E-state index in [4.69, 9.17) is 5.73 Å². The number of rotatable bonds is 2. The SMILES string of the molecule is C=C(CN)c1cncc(F)c1. The van der Waals surface area contributed by atoms with Crippen molar-refractivity contribution < 1.29 is 4.39 Å². The Balaban J connectivity index is 2.96. The van der Waals surface area contributed by atoms with E-state index in [0.29, 0.717) is 17.7 Å². The molecular weight excluding hydrogens is 143 g/mol. The zero-order chi connectivity index (χ0) is 8.27. The largest absolute Gasteiger partial charge is 0.326 e. The van der Waals surface area contributed by atoms with Gasteiger partial charge in [-0.1, -0.05) is 6.58 Å². The Labute approximate surface area is 64.6 Å². The lowest BCUT2D eigenvalue weighted by molar-refractivity contribution is 0.621. The van der Waals surface area contributed by atoms with Gasteiger partial charge >= 0.3 is 0 Å². The topological polar surface area (TPSA) is 38.9 Å². The Morgan fingerprint density at radius 3 is 2.91 bits per heavy atom. The van der Waals surface area contributed by atoms with Crippen LogP contribution in [0, 0.1) is 5.82 Å². The van der Waals surface area contributed by atoms with Crippen LogP contribution in [0.15, 0.2) is 25.0 Å². The lowest BCUT2D eigenvalue weighted by atomic mass is 10.1. The number of nitrogens with zero attached hydrogens (tertiary/aromatic N) is 1. The van der Waals surface area contributed by atoms with Crippen LogP contribution in [-0.2, 0) is 0 Å². The van der Waals surface area contributed by atoms with Crippen molar-refractivity contribution >= 4 is 5.57 Å². The van der Waals surface area contributed by atoms with E-state index in [1.54, 1.807) is 0 Å². The molecule has 58 valence electrons. The fraction of sp³-hybridized carbons (Fsp3) is 0.125. The molecule has 1 aromatic rings. The van der Waals surface area contributed by atoms with Crippen molar-refractivity contribution in [1.29, 1.82) is 0 Å². The fourth-order valence-electron chi connectivity index (χ4n) is 0.723. The van der Waals surface area contributed by atoms with E-state index in [0.717, 1.165) is 6.20 Å². The molecule has 0 atom stereocenters. The van der Waals surface area contributed by atoms with Gasteiger partial charge in [-0.15, -0.1) is 0 Å². The van der Waals surface area contributed by atoms with Crippen LogP contribution in [0.3, 0.4) is 0 Å². The van der Waals surface area contributed by atoms with Crippen molar-refractivity contribution in [3.63, 3.8) is 0 Å². The molecule has 1 aromatic heterocycles. The molecule has 0 saturated carbocycles. The van der Waals surface area contributed by atoms with E-state index in [9.17, 15) is 4.39 Å². The first-order chi connectivity index (χ1) is 5.24. The first kappa shape index (κ1) is 7.88. The van der Waals surface area contributed by atoms with Gasteiger partial charge in [0.15, 0.2) is 0 Å². The molecule has 0 aliphatic rings. The van der Waals surface area contributed by atoms with Gasteiger partial charge in [0.1, 0.15) is 5.82 Å². The van der Waals surface area contributed by atoms with Gasteiger partial charge in [0.25, 0.3) is 0 Å². The minimum atomic E-state index is -0.364. The van der Waals surface area contributed by atoms with Gasteiger partial charge in [-0.05, 0) is 17.2 Å². The molecule has 11 heavy (non-hydrogen) atoms. The summed E-state index contributed by atoms with van der Waals surface area (Å²) in [7, 11) is 0. The number of halogens is 1. The molecule has 3 heteroatoms. The average molecular weight is 152 g/mol. The van der Waals surface area contributed by atoms with E-state index in [1.807, 2.05) is 0 Å². The quantitative estimate of drug-likeness (QED) is 0.691. The molecule has 2 nitrogen and oxygen atoms in total. The third kappa shape index (κ3) is 1.85. The molecule has 1 rings (SSSR count). The highest BCUT2D eigenvalue weighted by atomic mass is 19.1. The summed E-state index contributed by atoms with van der Waals surface area (Å²) in [6.07, 6.45) is 2.69. The van der Waals surface area contributed by atoms with Gasteiger partial charge in [0.2, 0.25) is 0 Å². The number of pyridine rings is 1. The van der Waals surface area contributed by atoms with E-state index < -0.39 is 0 Å². The zero-order valence-corrected chi connectivity index (χ0v) is 6.05. The van der Waals surface area contributed by atoms with Crippen LogP contribution >= 0.6 is 0 Å². The predicted octanol–water partition coefficient (Wildman–Crippen LogP) is 1.19. The fourth-order valence-corrected chi connectivity index (χ4v) is 0.723. The lowest BCUT2D eigenvalue weighted by Crippen LogP contribution is -2.01. The second-order valence-corrected chi connectivity index (χ2v) is 2.20. The van der Waals surface area contributed by atoms with Gasteiger partial charge in [-0.25, -0.2) is 4.39 Å². The van der Waals surface area contributed by atoms with Gasteiger partial charge in [-0.2, -0.15) is 0 Å². The van der Waals surface area contributed by atoms with Crippen LogP contribution in [0.1, 0.15) is 5.56 Å². The van der Waals surface area contributed by atoms with Crippen molar-refractivity contribution in [2.24, 2.45) is 5.73 Å². The summed E-state index contributed by atoms with van der Waals surface area (Å²) in [5, 5.41) is 0. The molecule has 1 heterocycles. The molecule has 0 aliphatic carbocycles. The van der Waals surface area contributed by atoms with Crippen LogP contribution in [0.25, 0.3) is 5.57 Å². The molecule has 0 aromatic carbocycles. The molecule has 2 N–H and O–H groups in total. The highest BCUT2D eigenvalue weighted by molar-refractivity contribution is 5.63. The maximum absolute atomic E-state index is 12.5.